The van der Waals surface area contributed by atoms with E-state index in [1.165, 1.54) is 10.9 Å². The summed E-state index contributed by atoms with van der Waals surface area (Å²) in [5.41, 5.74) is 3.38. The lowest BCUT2D eigenvalue weighted by Gasteiger charge is -2.03. The highest BCUT2D eigenvalue weighted by molar-refractivity contribution is 6.06. The summed E-state index contributed by atoms with van der Waals surface area (Å²) in [5.74, 6) is 0.266. The Balaban J connectivity index is 1.62. The molecule has 0 aliphatic heterocycles. The molecule has 0 bridgehead atoms. The number of benzene rings is 1. The third-order valence-electron chi connectivity index (χ3n) is 4.03. The molecule has 4 heteroatoms. The molecule has 1 aromatic carbocycles. The van der Waals surface area contributed by atoms with Gasteiger partial charge in [-0.1, -0.05) is 19.1 Å². The summed E-state index contributed by atoms with van der Waals surface area (Å²) >= 11 is 0. The molecule has 0 radical (unpaired) electrons. The van der Waals surface area contributed by atoms with Crippen molar-refractivity contribution in [1.82, 2.24) is 9.97 Å². The van der Waals surface area contributed by atoms with Gasteiger partial charge in [0.05, 0.1) is 6.61 Å². The van der Waals surface area contributed by atoms with Crippen LogP contribution in [0, 0.1) is 0 Å². The van der Waals surface area contributed by atoms with Gasteiger partial charge < -0.3 is 9.72 Å². The average Bonchev–Trinajstić information content (AvgIpc) is 2.94. The number of aromatic amines is 1. The molecule has 2 aromatic heterocycles. The number of Topliss-reactive ketones (excluding diaryl/α,β-unsaturated/α-hetero) is 1. The minimum atomic E-state index is 0.266. The highest BCUT2D eigenvalue weighted by Gasteiger charge is 2.07. The maximum absolute atomic E-state index is 11.9. The zero-order valence-electron chi connectivity index (χ0n) is 13.5. The van der Waals surface area contributed by atoms with Gasteiger partial charge in [-0.05, 0) is 30.5 Å². The van der Waals surface area contributed by atoms with E-state index in [-0.39, 0.29) is 5.78 Å². The number of ether oxygens (including phenoxy) is 1. The molecule has 0 atom stereocenters. The Hall–Kier alpha value is -2.20. The number of aromatic nitrogens is 2. The molecular weight excluding hydrogens is 288 g/mol. The zero-order valence-corrected chi connectivity index (χ0v) is 13.5. The second-order valence-electron chi connectivity index (χ2n) is 5.83. The number of hydrogen-bond donors (Lipinski definition) is 1. The average molecular weight is 310 g/mol. The van der Waals surface area contributed by atoms with Gasteiger partial charge in [0.25, 0.3) is 0 Å². The van der Waals surface area contributed by atoms with Crippen LogP contribution in [0.25, 0.3) is 21.8 Å². The van der Waals surface area contributed by atoms with Crippen molar-refractivity contribution in [3.63, 3.8) is 0 Å². The normalized spacial score (nSPS) is 11.3. The van der Waals surface area contributed by atoms with E-state index in [9.17, 15) is 4.79 Å². The third kappa shape index (κ3) is 3.77. The molecule has 0 saturated carbocycles. The molecule has 2 heterocycles. The number of nitrogens with zero attached hydrogens (tertiary/aromatic N) is 1. The fraction of sp³-hybridized carbons (Fsp3) is 0.368. The number of ketones is 1. The molecule has 1 N–H and O–H groups in total. The van der Waals surface area contributed by atoms with Gasteiger partial charge in [-0.2, -0.15) is 0 Å². The zero-order chi connectivity index (χ0) is 16.1. The minimum Gasteiger partial charge on any atom is -0.381 e. The van der Waals surface area contributed by atoms with Crippen LogP contribution in [-0.4, -0.2) is 29.0 Å². The van der Waals surface area contributed by atoms with Crippen LogP contribution < -0.4 is 0 Å². The molecule has 3 aromatic rings. The van der Waals surface area contributed by atoms with Crippen LogP contribution in [0.15, 0.2) is 36.7 Å². The molecule has 3 rings (SSSR count). The Kier molecular flexibility index (Phi) is 5.03. The van der Waals surface area contributed by atoms with E-state index in [4.69, 9.17) is 4.74 Å². The molecule has 0 aliphatic carbocycles. The van der Waals surface area contributed by atoms with Crippen molar-refractivity contribution in [3.8, 4) is 0 Å². The molecule has 0 unspecified atom stereocenters. The summed E-state index contributed by atoms with van der Waals surface area (Å²) < 4.78 is 5.37. The van der Waals surface area contributed by atoms with Gasteiger partial charge in [0.2, 0.25) is 0 Å². The monoisotopic (exact) mass is 310 g/mol. The lowest BCUT2D eigenvalue weighted by molar-refractivity contribution is -0.120. The smallest absolute Gasteiger partial charge is 0.135 e. The largest absolute Gasteiger partial charge is 0.381 e. The number of carbonyl (C=O) groups is 1. The van der Waals surface area contributed by atoms with E-state index in [1.807, 2.05) is 12.3 Å². The first-order chi connectivity index (χ1) is 11.3. The van der Waals surface area contributed by atoms with Crippen LogP contribution in [-0.2, 0) is 16.0 Å². The van der Waals surface area contributed by atoms with E-state index in [2.05, 4.69) is 35.1 Å². The molecule has 0 amide bonds. The molecule has 0 saturated heterocycles. The summed E-state index contributed by atoms with van der Waals surface area (Å²) in [5, 5.41) is 2.31. The summed E-state index contributed by atoms with van der Waals surface area (Å²) in [6.45, 7) is 3.35. The topological polar surface area (TPSA) is 55.0 Å². The number of rotatable bonds is 8. The van der Waals surface area contributed by atoms with Gasteiger partial charge in [0.15, 0.2) is 0 Å². The number of pyridine rings is 1. The van der Waals surface area contributed by atoms with Gasteiger partial charge in [0, 0.05) is 53.6 Å². The number of H-pyrrole nitrogens is 1. The van der Waals surface area contributed by atoms with Crippen LogP contribution in [0.5, 0.6) is 0 Å². The summed E-state index contributed by atoms with van der Waals surface area (Å²) in [4.78, 5) is 19.5. The maximum atomic E-state index is 11.9. The Bertz CT molecular complexity index is 807. The van der Waals surface area contributed by atoms with E-state index >= 15 is 0 Å². The molecule has 0 aliphatic rings. The number of fused-ring (bicyclic) bond motifs is 3. The second-order valence-corrected chi connectivity index (χ2v) is 5.83. The van der Waals surface area contributed by atoms with E-state index in [0.29, 0.717) is 19.4 Å². The standard InChI is InChI=1S/C19H22N2O2/c1-2-10-23-11-8-15(22)5-3-14-4-6-16-17-13-20-9-7-18(17)21-19(16)12-14/h4,6-7,9,12-13,21H,2-3,5,8,10-11H2,1H3. The van der Waals surface area contributed by atoms with Crippen molar-refractivity contribution in [2.24, 2.45) is 0 Å². The SMILES string of the molecule is CCCOCCC(=O)CCc1ccc2c(c1)[nH]c1ccncc12. The van der Waals surface area contributed by atoms with Crippen molar-refractivity contribution in [2.75, 3.05) is 13.2 Å². The lowest BCUT2D eigenvalue weighted by atomic mass is 10.0. The van der Waals surface area contributed by atoms with Crippen molar-refractivity contribution in [1.29, 1.82) is 0 Å². The van der Waals surface area contributed by atoms with Crippen LogP contribution in [0.2, 0.25) is 0 Å². The molecule has 4 nitrogen and oxygen atoms in total. The molecule has 120 valence electrons. The summed E-state index contributed by atoms with van der Waals surface area (Å²) in [6, 6.07) is 8.33. The summed E-state index contributed by atoms with van der Waals surface area (Å²) in [6.07, 6.45) is 6.53. The number of carbonyl (C=O) groups excluding carboxylic acids is 1. The third-order valence-corrected chi connectivity index (χ3v) is 4.03. The van der Waals surface area contributed by atoms with Gasteiger partial charge in [-0.3, -0.25) is 9.78 Å². The predicted octanol–water partition coefficient (Wildman–Crippen LogP) is 4.03. The molecule has 0 spiro atoms. The van der Waals surface area contributed by atoms with Gasteiger partial charge in [-0.25, -0.2) is 0 Å². The fourth-order valence-corrected chi connectivity index (χ4v) is 2.79. The minimum absolute atomic E-state index is 0.266. The highest BCUT2D eigenvalue weighted by Crippen LogP contribution is 2.25. The second kappa shape index (κ2) is 7.38. The number of nitrogens with one attached hydrogen (secondary N) is 1. The van der Waals surface area contributed by atoms with Crippen molar-refractivity contribution in [2.45, 2.75) is 32.6 Å². The van der Waals surface area contributed by atoms with Gasteiger partial charge >= 0.3 is 0 Å². The van der Waals surface area contributed by atoms with Crippen LogP contribution in [0.4, 0.5) is 0 Å². The summed E-state index contributed by atoms with van der Waals surface area (Å²) in [7, 11) is 0. The van der Waals surface area contributed by atoms with Gasteiger partial charge in [0.1, 0.15) is 5.78 Å². The van der Waals surface area contributed by atoms with Crippen LogP contribution >= 0.6 is 0 Å². The Morgan fingerprint density at radius 2 is 2.04 bits per heavy atom. The maximum Gasteiger partial charge on any atom is 0.135 e. The molecule has 23 heavy (non-hydrogen) atoms. The van der Waals surface area contributed by atoms with E-state index in [1.54, 1.807) is 6.20 Å². The van der Waals surface area contributed by atoms with Crippen molar-refractivity contribution < 1.29 is 9.53 Å². The fourth-order valence-electron chi connectivity index (χ4n) is 2.79. The molecular formula is C19H22N2O2. The Morgan fingerprint density at radius 1 is 1.13 bits per heavy atom. The molecule has 0 fully saturated rings. The van der Waals surface area contributed by atoms with Crippen LogP contribution in [0.3, 0.4) is 0 Å². The van der Waals surface area contributed by atoms with Crippen molar-refractivity contribution >= 4 is 27.6 Å². The predicted molar refractivity (Wildman–Crippen MR) is 92.7 cm³/mol. The number of aryl methyl sites for hydroxylation is 1. The first kappa shape index (κ1) is 15.7. The lowest BCUT2D eigenvalue weighted by Crippen LogP contribution is -2.06. The number of hydrogen-bond acceptors (Lipinski definition) is 3. The van der Waals surface area contributed by atoms with E-state index < -0.39 is 0 Å². The first-order valence-electron chi connectivity index (χ1n) is 8.21. The van der Waals surface area contributed by atoms with Crippen molar-refractivity contribution in [3.05, 3.63) is 42.2 Å². The Labute approximate surface area is 135 Å². The Morgan fingerprint density at radius 3 is 2.91 bits per heavy atom. The highest BCUT2D eigenvalue weighted by atomic mass is 16.5. The quantitative estimate of drug-likeness (QED) is 0.639. The first-order valence-corrected chi connectivity index (χ1v) is 8.21. The van der Waals surface area contributed by atoms with Crippen LogP contribution in [0.1, 0.15) is 31.7 Å². The van der Waals surface area contributed by atoms with E-state index in [0.717, 1.165) is 35.9 Å². The van der Waals surface area contributed by atoms with Gasteiger partial charge in [-0.15, -0.1) is 0 Å².